The first kappa shape index (κ1) is 16.2. The van der Waals surface area contributed by atoms with Crippen molar-refractivity contribution in [2.24, 2.45) is 11.3 Å². The molecule has 3 nitrogen and oxygen atoms in total. The number of benzene rings is 1. The molecule has 3 rings (SSSR count). The van der Waals surface area contributed by atoms with Crippen LogP contribution in [0, 0.1) is 22.7 Å². The van der Waals surface area contributed by atoms with E-state index in [4.69, 9.17) is 0 Å². The minimum absolute atomic E-state index is 0.0379. The topological polar surface area (TPSA) is 44.1 Å². The lowest BCUT2D eigenvalue weighted by Gasteiger charge is -2.35. The molecule has 1 saturated carbocycles. The number of ketones is 1. The molecule has 1 heterocycles. The highest BCUT2D eigenvalue weighted by molar-refractivity contribution is 5.90. The average molecular weight is 310 g/mol. The van der Waals surface area contributed by atoms with Gasteiger partial charge in [-0.1, -0.05) is 44.2 Å². The Kier molecular flexibility index (Phi) is 4.29. The fourth-order valence-electron chi connectivity index (χ4n) is 4.69. The molecule has 3 heteroatoms. The number of likely N-dealkylation sites (tertiary alicyclic amines) is 1. The van der Waals surface area contributed by atoms with E-state index < -0.39 is 5.92 Å². The van der Waals surface area contributed by atoms with Crippen LogP contribution in [0.1, 0.15) is 51.5 Å². The summed E-state index contributed by atoms with van der Waals surface area (Å²) in [5, 5.41) is 9.47. The fourth-order valence-corrected chi connectivity index (χ4v) is 4.69. The Balaban J connectivity index is 1.74. The third-order valence-electron chi connectivity index (χ3n) is 5.77. The van der Waals surface area contributed by atoms with Crippen molar-refractivity contribution in [3.63, 3.8) is 0 Å². The van der Waals surface area contributed by atoms with Crippen LogP contribution in [-0.4, -0.2) is 29.3 Å². The van der Waals surface area contributed by atoms with E-state index in [0.717, 1.165) is 12.0 Å². The second-order valence-electron chi connectivity index (χ2n) is 8.07. The summed E-state index contributed by atoms with van der Waals surface area (Å²) in [4.78, 5) is 15.1. The summed E-state index contributed by atoms with van der Waals surface area (Å²) in [6.07, 6.45) is 3.61. The number of hydrogen-bond donors (Lipinski definition) is 0. The molecule has 1 aromatic rings. The molecule has 0 radical (unpaired) electrons. The van der Waals surface area contributed by atoms with E-state index in [2.05, 4.69) is 31.7 Å². The van der Waals surface area contributed by atoms with Gasteiger partial charge in [-0.25, -0.2) is 0 Å². The van der Waals surface area contributed by atoms with Crippen LogP contribution in [0.5, 0.6) is 0 Å². The number of nitrogens with zero attached hydrogens (tertiary/aromatic N) is 2. The van der Waals surface area contributed by atoms with Crippen molar-refractivity contribution in [2.75, 3.05) is 6.54 Å². The van der Waals surface area contributed by atoms with Gasteiger partial charge in [0.2, 0.25) is 0 Å². The van der Waals surface area contributed by atoms with Crippen LogP contribution in [0.3, 0.4) is 0 Å². The summed E-state index contributed by atoms with van der Waals surface area (Å²) in [7, 11) is 0. The number of carbonyl (C=O) groups excluding carboxylic acids is 1. The zero-order chi connectivity index (χ0) is 16.6. The molecule has 0 amide bonds. The van der Waals surface area contributed by atoms with Crippen LogP contribution in [0.15, 0.2) is 30.3 Å². The zero-order valence-electron chi connectivity index (χ0n) is 14.3. The minimum atomic E-state index is -0.642. The summed E-state index contributed by atoms with van der Waals surface area (Å²) in [6, 6.07) is 12.6. The van der Waals surface area contributed by atoms with Crippen LogP contribution in [0.25, 0.3) is 0 Å². The lowest BCUT2D eigenvalue weighted by molar-refractivity contribution is -0.121. The van der Waals surface area contributed by atoms with Gasteiger partial charge in [-0.3, -0.25) is 9.69 Å². The SMILES string of the molecule is C[C@@H]1[C@H]2C[C@@H](CC(C)(C)C2)N1CC(=O)[C@H](C#N)c1ccccc1. The largest absolute Gasteiger partial charge is 0.296 e. The predicted octanol–water partition coefficient (Wildman–Crippen LogP) is 3.76. The molecular formula is C20H26N2O. The molecule has 0 spiro atoms. The van der Waals surface area contributed by atoms with Gasteiger partial charge >= 0.3 is 0 Å². The lowest BCUT2D eigenvalue weighted by Crippen LogP contribution is -2.40. The highest BCUT2D eigenvalue weighted by Crippen LogP contribution is 2.48. The molecule has 4 atom stereocenters. The van der Waals surface area contributed by atoms with Gasteiger partial charge in [-0.05, 0) is 43.1 Å². The lowest BCUT2D eigenvalue weighted by atomic mass is 9.71. The van der Waals surface area contributed by atoms with E-state index in [1.54, 1.807) is 0 Å². The maximum Gasteiger partial charge on any atom is 0.168 e. The Morgan fingerprint density at radius 1 is 1.35 bits per heavy atom. The predicted molar refractivity (Wildman–Crippen MR) is 90.9 cm³/mol. The Morgan fingerprint density at radius 3 is 2.70 bits per heavy atom. The molecular weight excluding hydrogens is 284 g/mol. The summed E-state index contributed by atoms with van der Waals surface area (Å²) in [5.41, 5.74) is 1.18. The molecule has 2 aliphatic rings. The van der Waals surface area contributed by atoms with Crippen LogP contribution in [-0.2, 0) is 4.79 Å². The molecule has 2 bridgehead atoms. The summed E-state index contributed by atoms with van der Waals surface area (Å²) >= 11 is 0. The molecule has 1 aliphatic carbocycles. The van der Waals surface area contributed by atoms with Crippen molar-refractivity contribution >= 4 is 5.78 Å². The second-order valence-corrected chi connectivity index (χ2v) is 8.07. The first-order chi connectivity index (χ1) is 10.9. The average Bonchev–Trinajstić information content (AvgIpc) is 2.72. The van der Waals surface area contributed by atoms with Crippen LogP contribution in [0.2, 0.25) is 0 Å². The Labute approximate surface area is 139 Å². The van der Waals surface area contributed by atoms with E-state index in [1.165, 1.54) is 12.8 Å². The maximum absolute atomic E-state index is 12.8. The second kappa shape index (κ2) is 6.09. The molecule has 0 aromatic heterocycles. The monoisotopic (exact) mass is 310 g/mol. The van der Waals surface area contributed by atoms with E-state index in [9.17, 15) is 10.1 Å². The normalized spacial score (nSPS) is 30.6. The van der Waals surface area contributed by atoms with Crippen molar-refractivity contribution in [1.82, 2.24) is 4.90 Å². The minimum Gasteiger partial charge on any atom is -0.296 e. The zero-order valence-corrected chi connectivity index (χ0v) is 14.3. The van der Waals surface area contributed by atoms with Gasteiger partial charge < -0.3 is 0 Å². The number of hydrogen-bond acceptors (Lipinski definition) is 3. The van der Waals surface area contributed by atoms with Crippen molar-refractivity contribution in [3.05, 3.63) is 35.9 Å². The first-order valence-electron chi connectivity index (χ1n) is 8.64. The van der Waals surface area contributed by atoms with E-state index in [-0.39, 0.29) is 5.78 Å². The molecule has 1 aromatic carbocycles. The third kappa shape index (κ3) is 3.19. The van der Waals surface area contributed by atoms with Gasteiger partial charge in [-0.15, -0.1) is 0 Å². The summed E-state index contributed by atoms with van der Waals surface area (Å²) in [6.45, 7) is 7.34. The van der Waals surface area contributed by atoms with Crippen LogP contribution < -0.4 is 0 Å². The van der Waals surface area contributed by atoms with Crippen LogP contribution in [0.4, 0.5) is 0 Å². The van der Waals surface area contributed by atoms with E-state index >= 15 is 0 Å². The number of nitriles is 1. The molecule has 122 valence electrons. The quantitative estimate of drug-likeness (QED) is 0.850. The number of carbonyl (C=O) groups is 1. The molecule has 1 aliphatic heterocycles. The van der Waals surface area contributed by atoms with Gasteiger partial charge in [0.05, 0.1) is 12.6 Å². The Morgan fingerprint density at radius 2 is 2.04 bits per heavy atom. The van der Waals surface area contributed by atoms with E-state index in [1.807, 2.05) is 30.3 Å². The molecule has 23 heavy (non-hydrogen) atoms. The van der Waals surface area contributed by atoms with Crippen LogP contribution >= 0.6 is 0 Å². The van der Waals surface area contributed by atoms with Crippen molar-refractivity contribution < 1.29 is 4.79 Å². The van der Waals surface area contributed by atoms with Crippen molar-refractivity contribution in [1.29, 1.82) is 5.26 Å². The fraction of sp³-hybridized carbons (Fsp3) is 0.600. The van der Waals surface area contributed by atoms with E-state index in [0.29, 0.717) is 30.0 Å². The number of Topliss-reactive ketones (excluding diaryl/α,β-unsaturated/α-hetero) is 1. The van der Waals surface area contributed by atoms with Gasteiger partial charge in [0.25, 0.3) is 0 Å². The van der Waals surface area contributed by atoms with Gasteiger partial charge in [-0.2, -0.15) is 5.26 Å². The van der Waals surface area contributed by atoms with Gasteiger partial charge in [0.15, 0.2) is 5.78 Å². The number of rotatable bonds is 4. The maximum atomic E-state index is 12.8. The van der Waals surface area contributed by atoms with Crippen molar-refractivity contribution in [2.45, 2.75) is 58.0 Å². The highest BCUT2D eigenvalue weighted by atomic mass is 16.1. The summed E-state index contributed by atoms with van der Waals surface area (Å²) < 4.78 is 0. The molecule has 2 fully saturated rings. The third-order valence-corrected chi connectivity index (χ3v) is 5.77. The van der Waals surface area contributed by atoms with Gasteiger partial charge in [0.1, 0.15) is 5.92 Å². The molecule has 0 N–H and O–H groups in total. The van der Waals surface area contributed by atoms with Crippen molar-refractivity contribution in [3.8, 4) is 6.07 Å². The first-order valence-corrected chi connectivity index (χ1v) is 8.64. The Bertz CT molecular complexity index is 616. The van der Waals surface area contributed by atoms with Gasteiger partial charge in [0, 0.05) is 12.1 Å². The molecule has 1 saturated heterocycles. The number of fused-ring (bicyclic) bond motifs is 2. The Hall–Kier alpha value is -1.66. The smallest absolute Gasteiger partial charge is 0.168 e. The standard InChI is InChI=1S/C20H26N2O/c1-14-16-9-17(11-20(2,3)10-16)22(14)13-19(23)18(12-21)15-7-5-4-6-8-15/h4-8,14,16-18H,9-11,13H2,1-3H3/t14-,16+,17+,18-/m1/s1. The summed E-state index contributed by atoms with van der Waals surface area (Å²) in [5.74, 6) is 0.0848. The highest BCUT2D eigenvalue weighted by Gasteiger charge is 2.47. The molecule has 0 unspecified atom stereocenters.